The van der Waals surface area contributed by atoms with E-state index in [2.05, 4.69) is 5.32 Å². The van der Waals surface area contributed by atoms with Crippen LogP contribution in [-0.2, 0) is 4.79 Å². The van der Waals surface area contributed by atoms with Crippen LogP contribution < -0.4 is 14.8 Å². The number of ether oxygens (including phenoxy) is 2. The first-order chi connectivity index (χ1) is 14.5. The average molecular weight is 410 g/mol. The zero-order valence-electron chi connectivity index (χ0n) is 17.2. The molecule has 1 aliphatic heterocycles. The second-order valence-corrected chi connectivity index (χ2v) is 7.12. The van der Waals surface area contributed by atoms with E-state index in [1.807, 2.05) is 6.92 Å². The summed E-state index contributed by atoms with van der Waals surface area (Å²) in [5.74, 6) is 0.411. The number of nitrogens with one attached hydrogen (secondary N) is 1. The smallest absolute Gasteiger partial charge is 0.308 e. The molecule has 0 unspecified atom stereocenters. The van der Waals surface area contributed by atoms with Gasteiger partial charge in [-0.1, -0.05) is 6.07 Å². The summed E-state index contributed by atoms with van der Waals surface area (Å²) in [7, 11) is 0. The Bertz CT molecular complexity index is 902. The number of hydrogen-bond acceptors (Lipinski definition) is 5. The summed E-state index contributed by atoms with van der Waals surface area (Å²) in [6.07, 6.45) is 1.36. The minimum atomic E-state index is -0.433. The Balaban J connectivity index is 1.52. The van der Waals surface area contributed by atoms with Gasteiger partial charge in [-0.05, 0) is 62.2 Å². The molecular weight excluding hydrogens is 384 g/mol. The average Bonchev–Trinajstić information content (AvgIpc) is 2.74. The molecule has 2 aromatic rings. The van der Waals surface area contributed by atoms with Crippen LogP contribution in [0, 0.1) is 0 Å². The third kappa shape index (κ3) is 5.59. The lowest BCUT2D eigenvalue weighted by molar-refractivity contribution is -0.131. The standard InChI is InChI=1S/C23H26N2O5/c1-3-29-20-9-7-17(8-10-20)23(28)25-13-11-19(12-14-25)24-22(27)18-5-4-6-21(15-18)30-16(2)26/h4-10,15,19H,3,11-14H2,1-2H3,(H,24,27). The van der Waals surface area contributed by atoms with Gasteiger partial charge in [0.15, 0.2) is 0 Å². The molecule has 1 fully saturated rings. The molecule has 0 spiro atoms. The zero-order valence-corrected chi connectivity index (χ0v) is 17.2. The van der Waals surface area contributed by atoms with Crippen LogP contribution in [-0.4, -0.2) is 48.4 Å². The number of esters is 1. The zero-order chi connectivity index (χ0) is 21.5. The van der Waals surface area contributed by atoms with Gasteiger partial charge < -0.3 is 19.7 Å². The predicted molar refractivity (Wildman–Crippen MR) is 112 cm³/mol. The van der Waals surface area contributed by atoms with Crippen molar-refractivity contribution in [3.63, 3.8) is 0 Å². The van der Waals surface area contributed by atoms with Gasteiger partial charge in [0.1, 0.15) is 11.5 Å². The highest BCUT2D eigenvalue weighted by Crippen LogP contribution is 2.18. The molecule has 2 amide bonds. The fourth-order valence-corrected chi connectivity index (χ4v) is 3.41. The molecule has 2 aromatic carbocycles. The Hall–Kier alpha value is -3.35. The normalized spacial score (nSPS) is 14.1. The van der Waals surface area contributed by atoms with Crippen LogP contribution in [0.25, 0.3) is 0 Å². The molecule has 0 bridgehead atoms. The molecular formula is C23H26N2O5. The van der Waals surface area contributed by atoms with E-state index in [0.29, 0.717) is 49.4 Å². The molecule has 7 heteroatoms. The highest BCUT2D eigenvalue weighted by molar-refractivity contribution is 5.95. The van der Waals surface area contributed by atoms with E-state index >= 15 is 0 Å². The highest BCUT2D eigenvalue weighted by atomic mass is 16.5. The van der Waals surface area contributed by atoms with E-state index in [0.717, 1.165) is 5.75 Å². The van der Waals surface area contributed by atoms with Crippen molar-refractivity contribution in [1.82, 2.24) is 10.2 Å². The molecule has 1 N–H and O–H groups in total. The van der Waals surface area contributed by atoms with Crippen molar-refractivity contribution in [2.75, 3.05) is 19.7 Å². The van der Waals surface area contributed by atoms with Gasteiger partial charge in [0, 0.05) is 37.2 Å². The van der Waals surface area contributed by atoms with Crippen LogP contribution >= 0.6 is 0 Å². The van der Waals surface area contributed by atoms with Gasteiger partial charge in [0.2, 0.25) is 0 Å². The number of nitrogens with zero attached hydrogens (tertiary/aromatic N) is 1. The van der Waals surface area contributed by atoms with Crippen molar-refractivity contribution in [2.24, 2.45) is 0 Å². The first-order valence-corrected chi connectivity index (χ1v) is 10.1. The molecule has 0 atom stereocenters. The Morgan fingerprint density at radius 2 is 1.70 bits per heavy atom. The van der Waals surface area contributed by atoms with E-state index in [-0.39, 0.29) is 17.9 Å². The van der Waals surface area contributed by atoms with Crippen molar-refractivity contribution < 1.29 is 23.9 Å². The minimum absolute atomic E-state index is 0.0146. The minimum Gasteiger partial charge on any atom is -0.494 e. The second-order valence-electron chi connectivity index (χ2n) is 7.12. The first kappa shape index (κ1) is 21.4. The van der Waals surface area contributed by atoms with Gasteiger partial charge in [0.05, 0.1) is 6.61 Å². The highest BCUT2D eigenvalue weighted by Gasteiger charge is 2.25. The molecule has 1 saturated heterocycles. The molecule has 30 heavy (non-hydrogen) atoms. The van der Waals surface area contributed by atoms with Crippen LogP contribution in [0.5, 0.6) is 11.5 Å². The second kappa shape index (κ2) is 9.91. The van der Waals surface area contributed by atoms with E-state index in [1.54, 1.807) is 53.4 Å². The number of amides is 2. The van der Waals surface area contributed by atoms with Gasteiger partial charge in [-0.3, -0.25) is 14.4 Å². The topological polar surface area (TPSA) is 84.9 Å². The van der Waals surface area contributed by atoms with Gasteiger partial charge in [0.25, 0.3) is 11.8 Å². The van der Waals surface area contributed by atoms with Crippen LogP contribution in [0.3, 0.4) is 0 Å². The number of hydrogen-bond donors (Lipinski definition) is 1. The number of benzene rings is 2. The number of carbonyl (C=O) groups excluding carboxylic acids is 3. The van der Waals surface area contributed by atoms with Crippen molar-refractivity contribution in [2.45, 2.75) is 32.7 Å². The molecule has 1 aliphatic rings. The van der Waals surface area contributed by atoms with Gasteiger partial charge >= 0.3 is 5.97 Å². The summed E-state index contributed by atoms with van der Waals surface area (Å²) in [6, 6.07) is 13.7. The Labute approximate surface area is 176 Å². The predicted octanol–water partition coefficient (Wildman–Crippen LogP) is 3.05. The summed E-state index contributed by atoms with van der Waals surface area (Å²) in [5.41, 5.74) is 1.06. The van der Waals surface area contributed by atoms with Crippen molar-refractivity contribution >= 4 is 17.8 Å². The lowest BCUT2D eigenvalue weighted by Gasteiger charge is -2.32. The Morgan fingerprint density at radius 1 is 1.00 bits per heavy atom. The molecule has 3 rings (SSSR count). The number of piperidine rings is 1. The maximum Gasteiger partial charge on any atom is 0.308 e. The van der Waals surface area contributed by atoms with Crippen LogP contribution in [0.15, 0.2) is 48.5 Å². The van der Waals surface area contributed by atoms with Crippen LogP contribution in [0.4, 0.5) is 0 Å². The monoisotopic (exact) mass is 410 g/mol. The maximum atomic E-state index is 12.7. The molecule has 0 saturated carbocycles. The van der Waals surface area contributed by atoms with Crippen LogP contribution in [0.1, 0.15) is 47.4 Å². The first-order valence-electron chi connectivity index (χ1n) is 10.1. The summed E-state index contributed by atoms with van der Waals surface area (Å²) >= 11 is 0. The fourth-order valence-electron chi connectivity index (χ4n) is 3.41. The van der Waals surface area contributed by atoms with Gasteiger partial charge in [-0.2, -0.15) is 0 Å². The van der Waals surface area contributed by atoms with Crippen molar-refractivity contribution in [1.29, 1.82) is 0 Å². The summed E-state index contributed by atoms with van der Waals surface area (Å²) in [5, 5.41) is 3.00. The largest absolute Gasteiger partial charge is 0.494 e. The van der Waals surface area contributed by atoms with Crippen LogP contribution in [0.2, 0.25) is 0 Å². The number of carbonyl (C=O) groups is 3. The third-order valence-electron chi connectivity index (χ3n) is 4.89. The van der Waals surface area contributed by atoms with E-state index in [4.69, 9.17) is 9.47 Å². The van der Waals surface area contributed by atoms with E-state index in [1.165, 1.54) is 6.92 Å². The van der Waals surface area contributed by atoms with Gasteiger partial charge in [-0.25, -0.2) is 0 Å². The van der Waals surface area contributed by atoms with Gasteiger partial charge in [-0.15, -0.1) is 0 Å². The molecule has 0 radical (unpaired) electrons. The molecule has 0 aliphatic carbocycles. The molecule has 158 valence electrons. The SMILES string of the molecule is CCOc1ccc(C(=O)N2CCC(NC(=O)c3cccc(OC(C)=O)c3)CC2)cc1. The summed E-state index contributed by atoms with van der Waals surface area (Å²) in [4.78, 5) is 38.1. The molecule has 7 nitrogen and oxygen atoms in total. The number of rotatable bonds is 6. The third-order valence-corrected chi connectivity index (χ3v) is 4.89. The summed E-state index contributed by atoms with van der Waals surface area (Å²) in [6.45, 7) is 4.96. The lowest BCUT2D eigenvalue weighted by Crippen LogP contribution is -2.46. The maximum absolute atomic E-state index is 12.7. The van der Waals surface area contributed by atoms with Crippen molar-refractivity contribution in [3.8, 4) is 11.5 Å². The fraction of sp³-hybridized carbons (Fsp3) is 0.348. The van der Waals surface area contributed by atoms with Crippen molar-refractivity contribution in [3.05, 3.63) is 59.7 Å². The Morgan fingerprint density at radius 3 is 2.33 bits per heavy atom. The molecule has 1 heterocycles. The van der Waals surface area contributed by atoms with E-state index in [9.17, 15) is 14.4 Å². The number of likely N-dealkylation sites (tertiary alicyclic amines) is 1. The summed E-state index contributed by atoms with van der Waals surface area (Å²) < 4.78 is 10.4. The lowest BCUT2D eigenvalue weighted by atomic mass is 10.0. The quantitative estimate of drug-likeness (QED) is 0.584. The Kier molecular flexibility index (Phi) is 7.06. The molecule has 0 aromatic heterocycles. The van der Waals surface area contributed by atoms with E-state index < -0.39 is 5.97 Å².